The number of nitro groups is 1. The molecule has 4 rings (SSSR count). The summed E-state index contributed by atoms with van der Waals surface area (Å²) in [6.45, 7) is 0.379. The number of carbonyl (C=O) groups excluding carboxylic acids is 1. The fourth-order valence-corrected chi connectivity index (χ4v) is 4.02. The van der Waals surface area contributed by atoms with Crippen molar-refractivity contribution in [2.45, 2.75) is 6.61 Å². The summed E-state index contributed by atoms with van der Waals surface area (Å²) in [6.07, 6.45) is 1.44. The molecule has 8 heteroatoms. The van der Waals surface area contributed by atoms with Gasteiger partial charge in [-0.25, -0.2) is 0 Å². The highest BCUT2D eigenvalue weighted by Gasteiger charge is 2.13. The number of non-ortho nitro benzene ring substituents is 1. The predicted octanol–water partition coefficient (Wildman–Crippen LogP) is 6.64. The standard InChI is InChI=1S/C27H18BrN3O4/c28-25-14-18(13-21(16-29)27(32)30-22-8-4-9-23(15-22)31(33)34)11-12-26(25)35-17-20-7-3-6-19-5-1-2-10-24(19)20/h1-15H,17H2,(H,30,32)/b21-13+. The van der Waals surface area contributed by atoms with Gasteiger partial charge in [0.25, 0.3) is 11.6 Å². The first kappa shape index (κ1) is 23.7. The van der Waals surface area contributed by atoms with Crippen molar-refractivity contribution in [3.8, 4) is 11.8 Å². The van der Waals surface area contributed by atoms with E-state index >= 15 is 0 Å². The summed E-state index contributed by atoms with van der Waals surface area (Å²) in [5.74, 6) is -0.0463. The van der Waals surface area contributed by atoms with E-state index in [9.17, 15) is 20.2 Å². The molecule has 0 spiro atoms. The zero-order valence-corrected chi connectivity index (χ0v) is 19.9. The fraction of sp³-hybridized carbons (Fsp3) is 0.0370. The van der Waals surface area contributed by atoms with E-state index in [1.807, 2.05) is 30.3 Å². The van der Waals surface area contributed by atoms with E-state index < -0.39 is 10.8 Å². The molecule has 1 N–H and O–H groups in total. The van der Waals surface area contributed by atoms with E-state index in [1.165, 1.54) is 30.3 Å². The third-order valence-electron chi connectivity index (χ3n) is 5.21. The highest BCUT2D eigenvalue weighted by atomic mass is 79.9. The number of nitrogens with zero attached hydrogens (tertiary/aromatic N) is 2. The maximum atomic E-state index is 12.5. The molecule has 35 heavy (non-hydrogen) atoms. The Morgan fingerprint density at radius 3 is 2.60 bits per heavy atom. The lowest BCUT2D eigenvalue weighted by atomic mass is 10.1. The number of anilines is 1. The summed E-state index contributed by atoms with van der Waals surface area (Å²) < 4.78 is 6.68. The Hall–Kier alpha value is -4.48. The molecule has 0 bridgehead atoms. The van der Waals surface area contributed by atoms with Crippen molar-refractivity contribution in [3.63, 3.8) is 0 Å². The van der Waals surface area contributed by atoms with Crippen LogP contribution in [0.15, 0.2) is 95.0 Å². The Bertz CT molecular complexity index is 1500. The van der Waals surface area contributed by atoms with Gasteiger partial charge in [-0.3, -0.25) is 14.9 Å². The van der Waals surface area contributed by atoms with Crippen molar-refractivity contribution in [1.29, 1.82) is 5.26 Å². The highest BCUT2D eigenvalue weighted by Crippen LogP contribution is 2.29. The average molecular weight is 528 g/mol. The minimum atomic E-state index is -0.666. The average Bonchev–Trinajstić information content (AvgIpc) is 2.86. The zero-order chi connectivity index (χ0) is 24.8. The summed E-state index contributed by atoms with van der Waals surface area (Å²) in [4.78, 5) is 22.9. The van der Waals surface area contributed by atoms with Gasteiger partial charge in [-0.15, -0.1) is 0 Å². The maximum absolute atomic E-state index is 12.5. The van der Waals surface area contributed by atoms with Crippen LogP contribution in [0.1, 0.15) is 11.1 Å². The van der Waals surface area contributed by atoms with Crippen LogP contribution < -0.4 is 10.1 Å². The molecular formula is C27H18BrN3O4. The number of hydrogen-bond donors (Lipinski definition) is 1. The normalized spacial score (nSPS) is 11.0. The molecule has 0 atom stereocenters. The first-order valence-electron chi connectivity index (χ1n) is 10.5. The molecule has 1 amide bonds. The Labute approximate surface area is 209 Å². The van der Waals surface area contributed by atoms with Gasteiger partial charge in [-0.1, -0.05) is 54.6 Å². The maximum Gasteiger partial charge on any atom is 0.271 e. The second-order valence-electron chi connectivity index (χ2n) is 7.55. The van der Waals surface area contributed by atoms with Gasteiger partial charge in [0.15, 0.2) is 0 Å². The van der Waals surface area contributed by atoms with Gasteiger partial charge < -0.3 is 10.1 Å². The van der Waals surface area contributed by atoms with Crippen LogP contribution in [0.4, 0.5) is 11.4 Å². The molecule has 0 saturated carbocycles. The van der Waals surface area contributed by atoms with Crippen LogP contribution in [-0.4, -0.2) is 10.8 Å². The van der Waals surface area contributed by atoms with Crippen molar-refractivity contribution in [3.05, 3.63) is 116 Å². The third kappa shape index (κ3) is 5.72. The molecule has 0 aromatic heterocycles. The Balaban J connectivity index is 1.48. The topological polar surface area (TPSA) is 105 Å². The number of fused-ring (bicyclic) bond motifs is 1. The number of hydrogen-bond acceptors (Lipinski definition) is 5. The van der Waals surface area contributed by atoms with Gasteiger partial charge in [0, 0.05) is 17.8 Å². The molecule has 0 fully saturated rings. The summed E-state index contributed by atoms with van der Waals surface area (Å²) >= 11 is 3.49. The van der Waals surface area contributed by atoms with Crippen LogP contribution in [0.2, 0.25) is 0 Å². The predicted molar refractivity (Wildman–Crippen MR) is 138 cm³/mol. The van der Waals surface area contributed by atoms with Crippen LogP contribution in [0.5, 0.6) is 5.75 Å². The monoisotopic (exact) mass is 527 g/mol. The van der Waals surface area contributed by atoms with E-state index in [-0.39, 0.29) is 16.9 Å². The van der Waals surface area contributed by atoms with E-state index in [0.717, 1.165) is 16.3 Å². The van der Waals surface area contributed by atoms with Gasteiger partial charge in [-0.2, -0.15) is 5.26 Å². The number of benzene rings is 4. The minimum absolute atomic E-state index is 0.146. The number of halogens is 1. The third-order valence-corrected chi connectivity index (χ3v) is 5.83. The van der Waals surface area contributed by atoms with E-state index in [0.29, 0.717) is 22.4 Å². The van der Waals surface area contributed by atoms with Gasteiger partial charge in [-0.05, 0) is 62.1 Å². The molecule has 0 heterocycles. The Kier molecular flexibility index (Phi) is 7.19. The van der Waals surface area contributed by atoms with Crippen molar-refractivity contribution < 1.29 is 14.5 Å². The molecule has 0 radical (unpaired) electrons. The van der Waals surface area contributed by atoms with E-state index in [1.54, 1.807) is 18.2 Å². The number of carbonyl (C=O) groups is 1. The molecule has 0 unspecified atom stereocenters. The highest BCUT2D eigenvalue weighted by molar-refractivity contribution is 9.10. The van der Waals surface area contributed by atoms with Gasteiger partial charge >= 0.3 is 0 Å². The molecule has 7 nitrogen and oxygen atoms in total. The number of nitriles is 1. The Morgan fingerprint density at radius 1 is 1.06 bits per heavy atom. The quantitative estimate of drug-likeness (QED) is 0.125. The molecule has 172 valence electrons. The lowest BCUT2D eigenvalue weighted by Gasteiger charge is -2.11. The molecule has 0 aliphatic rings. The van der Waals surface area contributed by atoms with Gasteiger partial charge in [0.2, 0.25) is 0 Å². The van der Waals surface area contributed by atoms with E-state index in [2.05, 4.69) is 39.4 Å². The first-order valence-corrected chi connectivity index (χ1v) is 11.3. The van der Waals surface area contributed by atoms with Crippen LogP contribution in [0.25, 0.3) is 16.8 Å². The molecular weight excluding hydrogens is 510 g/mol. The number of nitro benzene ring substituents is 1. The molecule has 4 aromatic carbocycles. The lowest BCUT2D eigenvalue weighted by Crippen LogP contribution is -2.13. The van der Waals surface area contributed by atoms with Crippen molar-refractivity contribution >= 4 is 50.1 Å². The van der Waals surface area contributed by atoms with Crippen LogP contribution >= 0.6 is 15.9 Å². The molecule has 0 aliphatic heterocycles. The van der Waals surface area contributed by atoms with Crippen molar-refractivity contribution in [1.82, 2.24) is 0 Å². The summed E-state index contributed by atoms with van der Waals surface area (Å²) in [6, 6.07) is 26.8. The van der Waals surface area contributed by atoms with Crippen LogP contribution in [0, 0.1) is 21.4 Å². The van der Waals surface area contributed by atoms with Gasteiger partial charge in [0.05, 0.1) is 9.40 Å². The summed E-state index contributed by atoms with van der Waals surface area (Å²) in [7, 11) is 0. The summed E-state index contributed by atoms with van der Waals surface area (Å²) in [5.41, 5.74) is 1.59. The van der Waals surface area contributed by atoms with Crippen LogP contribution in [0.3, 0.4) is 0 Å². The SMILES string of the molecule is N#C/C(=C\c1ccc(OCc2cccc3ccccc23)c(Br)c1)C(=O)Nc1cccc([N+](=O)[O-])c1. The molecule has 0 aliphatic carbocycles. The smallest absolute Gasteiger partial charge is 0.271 e. The second-order valence-corrected chi connectivity index (χ2v) is 8.40. The minimum Gasteiger partial charge on any atom is -0.488 e. The molecule has 0 saturated heterocycles. The molecule has 4 aromatic rings. The van der Waals surface area contributed by atoms with Gasteiger partial charge in [0.1, 0.15) is 24.0 Å². The van der Waals surface area contributed by atoms with E-state index in [4.69, 9.17) is 4.74 Å². The lowest BCUT2D eigenvalue weighted by molar-refractivity contribution is -0.384. The largest absolute Gasteiger partial charge is 0.488 e. The summed E-state index contributed by atoms with van der Waals surface area (Å²) in [5, 5.41) is 25.2. The second kappa shape index (κ2) is 10.6. The Morgan fingerprint density at radius 2 is 1.83 bits per heavy atom. The number of rotatable bonds is 7. The van der Waals surface area contributed by atoms with Crippen LogP contribution in [-0.2, 0) is 11.4 Å². The first-order chi connectivity index (χ1) is 16.9. The number of nitrogens with one attached hydrogen (secondary N) is 1. The number of amides is 1. The zero-order valence-electron chi connectivity index (χ0n) is 18.3. The fourth-order valence-electron chi connectivity index (χ4n) is 3.51. The van der Waals surface area contributed by atoms with Crippen molar-refractivity contribution in [2.24, 2.45) is 0 Å². The van der Waals surface area contributed by atoms with Crippen molar-refractivity contribution in [2.75, 3.05) is 5.32 Å². The number of ether oxygens (including phenoxy) is 1.